The summed E-state index contributed by atoms with van der Waals surface area (Å²) in [4.78, 5) is 1.58. The van der Waals surface area contributed by atoms with Gasteiger partial charge in [0.15, 0.2) is 0 Å². The van der Waals surface area contributed by atoms with Gasteiger partial charge in [-0.2, -0.15) is 13.2 Å². The summed E-state index contributed by atoms with van der Waals surface area (Å²) in [6.45, 7) is 4.65. The second-order valence-corrected chi connectivity index (χ2v) is 4.69. The van der Waals surface area contributed by atoms with Crippen molar-refractivity contribution in [3.05, 3.63) is 52.3 Å². The topological polar surface area (TPSA) is 20.2 Å². The van der Waals surface area contributed by atoms with E-state index < -0.39 is 11.7 Å². The molecule has 0 radical (unpaired) electrons. The number of rotatable bonds is 4. The third-order valence-corrected chi connectivity index (χ3v) is 3.36. The van der Waals surface area contributed by atoms with Gasteiger partial charge in [-0.05, 0) is 30.7 Å². The lowest BCUT2D eigenvalue weighted by atomic mass is 10.1. The van der Waals surface area contributed by atoms with Crippen LogP contribution in [-0.4, -0.2) is 11.3 Å². The van der Waals surface area contributed by atoms with Gasteiger partial charge in [0, 0.05) is 15.3 Å². The molecule has 1 aromatic rings. The maximum atomic E-state index is 12.3. The molecule has 0 aromatic carbocycles. The first-order chi connectivity index (χ1) is 8.38. The Hall–Kier alpha value is -1.33. The summed E-state index contributed by atoms with van der Waals surface area (Å²) in [5, 5.41) is 8.94. The van der Waals surface area contributed by atoms with E-state index in [-0.39, 0.29) is 6.61 Å². The molecule has 0 saturated carbocycles. The van der Waals surface area contributed by atoms with Gasteiger partial charge < -0.3 is 5.11 Å². The van der Waals surface area contributed by atoms with Gasteiger partial charge in [0.2, 0.25) is 0 Å². The average molecular weight is 274 g/mol. The van der Waals surface area contributed by atoms with Gasteiger partial charge in [-0.25, -0.2) is 0 Å². The number of hydrogen-bond donors (Lipinski definition) is 1. The van der Waals surface area contributed by atoms with Gasteiger partial charge in [0.05, 0.1) is 6.61 Å². The number of thiophene rings is 1. The third-order valence-electron chi connectivity index (χ3n) is 2.24. The number of alkyl halides is 3. The van der Waals surface area contributed by atoms with Crippen LogP contribution >= 0.6 is 11.3 Å². The zero-order valence-electron chi connectivity index (χ0n) is 9.79. The molecule has 1 nitrogen and oxygen atoms in total. The standard InChI is InChI=1S/C13H13F3OS/c1-3-10(5-4-9(2)13(14,15)16)12-7-6-11(8-17)18-12/h3-7,17H,2,8H2,1H3/b5-4-,10-3+. The fourth-order valence-electron chi connectivity index (χ4n) is 1.22. The minimum atomic E-state index is -4.40. The van der Waals surface area contributed by atoms with E-state index in [0.717, 1.165) is 15.8 Å². The summed E-state index contributed by atoms with van der Waals surface area (Å²) in [7, 11) is 0. The summed E-state index contributed by atoms with van der Waals surface area (Å²) < 4.78 is 36.8. The van der Waals surface area contributed by atoms with Crippen LogP contribution in [-0.2, 0) is 6.61 Å². The Bertz CT molecular complexity index is 481. The van der Waals surface area contributed by atoms with Crippen molar-refractivity contribution in [2.75, 3.05) is 0 Å². The van der Waals surface area contributed by atoms with Crippen LogP contribution in [0.1, 0.15) is 16.7 Å². The number of aliphatic hydroxyl groups is 1. The Balaban J connectivity index is 2.87. The first-order valence-electron chi connectivity index (χ1n) is 5.19. The number of aliphatic hydroxyl groups excluding tert-OH is 1. The largest absolute Gasteiger partial charge is 0.415 e. The Kier molecular flexibility index (Phi) is 4.93. The van der Waals surface area contributed by atoms with Crippen LogP contribution in [0, 0.1) is 0 Å². The molecule has 98 valence electrons. The second-order valence-electron chi connectivity index (χ2n) is 3.52. The number of hydrogen-bond acceptors (Lipinski definition) is 2. The summed E-state index contributed by atoms with van der Waals surface area (Å²) in [5.41, 5.74) is -0.217. The zero-order valence-corrected chi connectivity index (χ0v) is 10.6. The maximum Gasteiger partial charge on any atom is 0.415 e. The molecule has 1 heterocycles. The third kappa shape index (κ3) is 3.85. The van der Waals surface area contributed by atoms with Crippen molar-refractivity contribution >= 4 is 16.9 Å². The zero-order chi connectivity index (χ0) is 13.8. The first-order valence-corrected chi connectivity index (χ1v) is 6.00. The van der Waals surface area contributed by atoms with E-state index >= 15 is 0 Å². The van der Waals surface area contributed by atoms with Crippen LogP contribution < -0.4 is 0 Å². The highest BCUT2D eigenvalue weighted by Crippen LogP contribution is 2.28. The van der Waals surface area contributed by atoms with E-state index in [1.54, 1.807) is 25.1 Å². The SMILES string of the molecule is C=C(/C=C\C(=C/C)c1ccc(CO)s1)C(F)(F)F. The lowest BCUT2D eigenvalue weighted by Crippen LogP contribution is -2.08. The van der Waals surface area contributed by atoms with E-state index in [4.69, 9.17) is 5.11 Å². The highest BCUT2D eigenvalue weighted by atomic mass is 32.1. The van der Waals surface area contributed by atoms with Crippen LogP contribution in [0.25, 0.3) is 5.57 Å². The van der Waals surface area contributed by atoms with Crippen LogP contribution in [0.4, 0.5) is 13.2 Å². The Labute approximate surface area is 108 Å². The Morgan fingerprint density at radius 2 is 2.06 bits per heavy atom. The first kappa shape index (κ1) is 14.7. The minimum Gasteiger partial charge on any atom is -0.391 e. The van der Waals surface area contributed by atoms with Crippen LogP contribution in [0.5, 0.6) is 0 Å². The van der Waals surface area contributed by atoms with Gasteiger partial charge in [0.25, 0.3) is 0 Å². The quantitative estimate of drug-likeness (QED) is 0.811. The fourth-order valence-corrected chi connectivity index (χ4v) is 2.15. The van der Waals surface area contributed by atoms with Gasteiger partial charge in [-0.3, -0.25) is 0 Å². The van der Waals surface area contributed by atoms with Crippen molar-refractivity contribution in [3.8, 4) is 0 Å². The predicted octanol–water partition coefficient (Wildman–Crippen LogP) is 4.32. The molecule has 0 aliphatic heterocycles. The average Bonchev–Trinajstić information content (AvgIpc) is 2.77. The van der Waals surface area contributed by atoms with Crippen LogP contribution in [0.3, 0.4) is 0 Å². The molecule has 18 heavy (non-hydrogen) atoms. The lowest BCUT2D eigenvalue weighted by Gasteiger charge is -2.05. The monoisotopic (exact) mass is 274 g/mol. The van der Waals surface area contributed by atoms with Gasteiger partial charge in [-0.15, -0.1) is 11.3 Å². The van der Waals surface area contributed by atoms with E-state index in [2.05, 4.69) is 6.58 Å². The molecular weight excluding hydrogens is 261 g/mol. The molecule has 0 amide bonds. The van der Waals surface area contributed by atoms with E-state index in [0.29, 0.717) is 5.57 Å². The fraction of sp³-hybridized carbons (Fsp3) is 0.231. The number of halogens is 3. The van der Waals surface area contributed by atoms with Crippen molar-refractivity contribution in [3.63, 3.8) is 0 Å². The van der Waals surface area contributed by atoms with Gasteiger partial charge >= 0.3 is 6.18 Å². The molecule has 0 spiro atoms. The molecule has 1 N–H and O–H groups in total. The maximum absolute atomic E-state index is 12.3. The highest BCUT2D eigenvalue weighted by molar-refractivity contribution is 7.13. The van der Waals surface area contributed by atoms with Crippen molar-refractivity contribution in [2.45, 2.75) is 19.7 Å². The predicted molar refractivity (Wildman–Crippen MR) is 68.2 cm³/mol. The molecule has 0 bridgehead atoms. The number of allylic oxidation sites excluding steroid dienone is 5. The Morgan fingerprint density at radius 1 is 1.39 bits per heavy atom. The van der Waals surface area contributed by atoms with E-state index in [1.807, 2.05) is 0 Å². The molecular formula is C13H13F3OS. The molecule has 5 heteroatoms. The summed E-state index contributed by atoms with van der Waals surface area (Å²) >= 11 is 1.34. The van der Waals surface area contributed by atoms with E-state index in [1.165, 1.54) is 17.4 Å². The van der Waals surface area contributed by atoms with Crippen molar-refractivity contribution < 1.29 is 18.3 Å². The van der Waals surface area contributed by atoms with Crippen molar-refractivity contribution in [2.24, 2.45) is 0 Å². The second kappa shape index (κ2) is 6.02. The summed E-state index contributed by atoms with van der Waals surface area (Å²) in [5.74, 6) is 0. The lowest BCUT2D eigenvalue weighted by molar-refractivity contribution is -0.0878. The highest BCUT2D eigenvalue weighted by Gasteiger charge is 2.29. The van der Waals surface area contributed by atoms with Gasteiger partial charge in [0.1, 0.15) is 0 Å². The molecule has 0 unspecified atom stereocenters. The normalized spacial score (nSPS) is 13.3. The summed E-state index contributed by atoms with van der Waals surface area (Å²) in [6, 6.07) is 3.52. The molecule has 0 saturated heterocycles. The molecule has 0 aliphatic carbocycles. The molecule has 0 aliphatic rings. The van der Waals surface area contributed by atoms with Gasteiger partial charge in [-0.1, -0.05) is 18.7 Å². The van der Waals surface area contributed by atoms with E-state index in [9.17, 15) is 13.2 Å². The smallest absolute Gasteiger partial charge is 0.391 e. The molecule has 1 rings (SSSR count). The molecule has 1 aromatic heterocycles. The molecule has 0 fully saturated rings. The van der Waals surface area contributed by atoms with Crippen molar-refractivity contribution in [1.29, 1.82) is 0 Å². The van der Waals surface area contributed by atoms with Crippen LogP contribution in [0.2, 0.25) is 0 Å². The minimum absolute atomic E-state index is 0.0688. The van der Waals surface area contributed by atoms with Crippen LogP contribution in [0.15, 0.2) is 42.5 Å². The summed E-state index contributed by atoms with van der Waals surface area (Å²) in [6.07, 6.45) is -0.356. The van der Waals surface area contributed by atoms with Crippen molar-refractivity contribution in [1.82, 2.24) is 0 Å². The Morgan fingerprint density at radius 3 is 2.50 bits per heavy atom. The molecule has 0 atom stereocenters.